The van der Waals surface area contributed by atoms with Crippen molar-refractivity contribution in [3.05, 3.63) is 28.2 Å². The van der Waals surface area contributed by atoms with E-state index in [0.717, 1.165) is 23.7 Å². The number of carboxylic acids is 1. The van der Waals surface area contributed by atoms with Crippen LogP contribution in [0.2, 0.25) is 0 Å². The van der Waals surface area contributed by atoms with Gasteiger partial charge in [-0.25, -0.2) is 4.98 Å². The monoisotopic (exact) mass is 212 g/mol. The predicted molar refractivity (Wildman–Crippen MR) is 48.1 cm³/mol. The molecule has 0 atom stereocenters. The average Bonchev–Trinajstić information content (AvgIpc) is 2.96. The van der Waals surface area contributed by atoms with Gasteiger partial charge < -0.3 is 5.11 Å². The normalized spacial score (nSPS) is 15.3. The number of aromatic nitrogens is 2. The lowest BCUT2D eigenvalue weighted by atomic mass is 10.3. The van der Waals surface area contributed by atoms with Gasteiger partial charge in [0.15, 0.2) is 0 Å². The standard InChI is InChI=1S/C9H9FN2O3/c10-7-8(5-1-2-5)11-4-12(9(7)15)3-6(13)14/h4-5H,1-3H2,(H,13,14). The van der Waals surface area contributed by atoms with Crippen LogP contribution >= 0.6 is 0 Å². The van der Waals surface area contributed by atoms with Crippen LogP contribution in [0.25, 0.3) is 0 Å². The van der Waals surface area contributed by atoms with Crippen LogP contribution in [0.1, 0.15) is 24.5 Å². The fourth-order valence-electron chi connectivity index (χ4n) is 1.38. The number of rotatable bonds is 3. The van der Waals surface area contributed by atoms with Crippen LogP contribution in [0.3, 0.4) is 0 Å². The van der Waals surface area contributed by atoms with Crippen molar-refractivity contribution in [2.45, 2.75) is 25.3 Å². The van der Waals surface area contributed by atoms with Crippen molar-refractivity contribution >= 4 is 5.97 Å². The third-order valence-electron chi connectivity index (χ3n) is 2.28. The highest BCUT2D eigenvalue weighted by Gasteiger charge is 2.29. The van der Waals surface area contributed by atoms with Gasteiger partial charge in [-0.05, 0) is 12.8 Å². The molecule has 80 valence electrons. The van der Waals surface area contributed by atoms with Gasteiger partial charge in [0.2, 0.25) is 5.82 Å². The lowest BCUT2D eigenvalue weighted by Gasteiger charge is -2.04. The molecule has 0 spiro atoms. The Labute approximate surface area is 84.2 Å². The molecule has 0 aliphatic heterocycles. The number of aliphatic carboxylic acids is 1. The second kappa shape index (κ2) is 3.45. The highest BCUT2D eigenvalue weighted by atomic mass is 19.1. The number of hydrogen-bond acceptors (Lipinski definition) is 3. The lowest BCUT2D eigenvalue weighted by Crippen LogP contribution is -2.28. The topological polar surface area (TPSA) is 72.2 Å². The molecule has 1 fully saturated rings. The molecule has 1 aromatic rings. The van der Waals surface area contributed by atoms with E-state index in [1.165, 1.54) is 0 Å². The molecule has 0 aromatic carbocycles. The largest absolute Gasteiger partial charge is 0.480 e. The van der Waals surface area contributed by atoms with Gasteiger partial charge in [-0.3, -0.25) is 14.2 Å². The van der Waals surface area contributed by atoms with Gasteiger partial charge in [0.05, 0.1) is 12.0 Å². The molecule has 0 saturated heterocycles. The molecular weight excluding hydrogens is 203 g/mol. The summed E-state index contributed by atoms with van der Waals surface area (Å²) < 4.78 is 14.2. The van der Waals surface area contributed by atoms with Crippen molar-refractivity contribution in [2.75, 3.05) is 0 Å². The van der Waals surface area contributed by atoms with E-state index in [1.807, 2.05) is 0 Å². The predicted octanol–water partition coefficient (Wildman–Crippen LogP) is 0.344. The molecule has 1 saturated carbocycles. The SMILES string of the molecule is O=C(O)Cn1cnc(C2CC2)c(F)c1=O. The number of carboxylic acid groups (broad SMARTS) is 1. The van der Waals surface area contributed by atoms with Crippen LogP contribution in [-0.4, -0.2) is 20.6 Å². The van der Waals surface area contributed by atoms with Crippen LogP contribution in [-0.2, 0) is 11.3 Å². The third kappa shape index (κ3) is 1.88. The Bertz CT molecular complexity index is 465. The summed E-state index contributed by atoms with van der Waals surface area (Å²) in [5.41, 5.74) is -0.740. The van der Waals surface area contributed by atoms with E-state index in [1.54, 1.807) is 0 Å². The molecule has 1 N–H and O–H groups in total. The highest BCUT2D eigenvalue weighted by Crippen LogP contribution is 2.39. The van der Waals surface area contributed by atoms with E-state index >= 15 is 0 Å². The molecule has 2 rings (SSSR count). The van der Waals surface area contributed by atoms with Gasteiger partial charge in [0, 0.05) is 5.92 Å². The zero-order chi connectivity index (χ0) is 11.0. The second-order valence-electron chi connectivity index (χ2n) is 3.54. The summed E-state index contributed by atoms with van der Waals surface area (Å²) in [4.78, 5) is 25.5. The molecule has 5 nitrogen and oxygen atoms in total. The quantitative estimate of drug-likeness (QED) is 0.784. The molecule has 6 heteroatoms. The fourth-order valence-corrected chi connectivity index (χ4v) is 1.38. The van der Waals surface area contributed by atoms with Crippen LogP contribution < -0.4 is 5.56 Å². The fraction of sp³-hybridized carbons (Fsp3) is 0.444. The Kier molecular flexibility index (Phi) is 2.26. The highest BCUT2D eigenvalue weighted by molar-refractivity contribution is 5.66. The molecule has 0 unspecified atom stereocenters. The molecule has 0 amide bonds. The maximum Gasteiger partial charge on any atom is 0.323 e. The van der Waals surface area contributed by atoms with E-state index in [0.29, 0.717) is 0 Å². The molecule has 1 aliphatic rings. The van der Waals surface area contributed by atoms with Gasteiger partial charge >= 0.3 is 5.97 Å². The molecular formula is C9H9FN2O3. The van der Waals surface area contributed by atoms with Crippen molar-refractivity contribution in [1.29, 1.82) is 0 Å². The van der Waals surface area contributed by atoms with Crippen LogP contribution in [0, 0.1) is 5.82 Å². The zero-order valence-corrected chi connectivity index (χ0v) is 7.81. The molecule has 0 bridgehead atoms. The van der Waals surface area contributed by atoms with Crippen molar-refractivity contribution in [1.82, 2.24) is 9.55 Å². The molecule has 1 aromatic heterocycles. The van der Waals surface area contributed by atoms with E-state index in [9.17, 15) is 14.0 Å². The summed E-state index contributed by atoms with van der Waals surface area (Å²) >= 11 is 0. The minimum Gasteiger partial charge on any atom is -0.480 e. The zero-order valence-electron chi connectivity index (χ0n) is 7.81. The Balaban J connectivity index is 2.39. The Morgan fingerprint density at radius 2 is 2.33 bits per heavy atom. The molecule has 1 aliphatic carbocycles. The average molecular weight is 212 g/mol. The van der Waals surface area contributed by atoms with E-state index in [-0.39, 0.29) is 11.6 Å². The van der Waals surface area contributed by atoms with Gasteiger partial charge in [0.1, 0.15) is 6.54 Å². The molecule has 15 heavy (non-hydrogen) atoms. The number of nitrogens with zero attached hydrogens (tertiary/aromatic N) is 2. The summed E-state index contributed by atoms with van der Waals surface area (Å²) in [6, 6.07) is 0. The van der Waals surface area contributed by atoms with Crippen molar-refractivity contribution in [3.8, 4) is 0 Å². The summed E-state index contributed by atoms with van der Waals surface area (Å²) in [6.45, 7) is -0.562. The van der Waals surface area contributed by atoms with Crippen molar-refractivity contribution in [3.63, 3.8) is 0 Å². The van der Waals surface area contributed by atoms with Gasteiger partial charge in [-0.15, -0.1) is 0 Å². The minimum absolute atomic E-state index is 0.0391. The maximum atomic E-state index is 13.4. The Morgan fingerprint density at radius 1 is 1.67 bits per heavy atom. The van der Waals surface area contributed by atoms with E-state index in [4.69, 9.17) is 5.11 Å². The third-order valence-corrected chi connectivity index (χ3v) is 2.28. The van der Waals surface area contributed by atoms with Gasteiger partial charge in [-0.1, -0.05) is 0 Å². The first kappa shape index (κ1) is 9.82. The van der Waals surface area contributed by atoms with E-state index in [2.05, 4.69) is 4.98 Å². The van der Waals surface area contributed by atoms with Crippen molar-refractivity contribution < 1.29 is 14.3 Å². The van der Waals surface area contributed by atoms with Gasteiger partial charge in [-0.2, -0.15) is 4.39 Å². The van der Waals surface area contributed by atoms with Crippen LogP contribution in [0.5, 0.6) is 0 Å². The maximum absolute atomic E-state index is 13.4. The second-order valence-corrected chi connectivity index (χ2v) is 3.54. The Hall–Kier alpha value is -1.72. The summed E-state index contributed by atoms with van der Waals surface area (Å²) in [5.74, 6) is -2.07. The smallest absolute Gasteiger partial charge is 0.323 e. The van der Waals surface area contributed by atoms with E-state index < -0.39 is 23.9 Å². The summed E-state index contributed by atoms with van der Waals surface area (Å²) in [5, 5.41) is 8.46. The van der Waals surface area contributed by atoms with Crippen LogP contribution in [0.15, 0.2) is 11.1 Å². The first-order valence-corrected chi connectivity index (χ1v) is 4.56. The van der Waals surface area contributed by atoms with Crippen LogP contribution in [0.4, 0.5) is 4.39 Å². The lowest BCUT2D eigenvalue weighted by molar-refractivity contribution is -0.137. The molecule has 1 heterocycles. The number of halogens is 1. The van der Waals surface area contributed by atoms with Crippen molar-refractivity contribution in [2.24, 2.45) is 0 Å². The summed E-state index contributed by atoms with van der Waals surface area (Å²) in [7, 11) is 0. The first-order valence-electron chi connectivity index (χ1n) is 4.56. The Morgan fingerprint density at radius 3 is 2.87 bits per heavy atom. The number of carbonyl (C=O) groups is 1. The minimum atomic E-state index is -1.20. The van der Waals surface area contributed by atoms with Gasteiger partial charge in [0.25, 0.3) is 5.56 Å². The number of hydrogen-bond donors (Lipinski definition) is 1. The summed E-state index contributed by atoms with van der Waals surface area (Å²) in [6.07, 6.45) is 2.77. The molecule has 0 radical (unpaired) electrons. The first-order chi connectivity index (χ1) is 7.09.